The largest absolute Gasteiger partial charge is 0.359 e. The normalized spacial score (nSPS) is 14.3. The van der Waals surface area contributed by atoms with Crippen molar-refractivity contribution >= 4 is 18.1 Å². The first-order valence-corrected chi connectivity index (χ1v) is 6.67. The van der Waals surface area contributed by atoms with Crippen LogP contribution in [0.2, 0.25) is 0 Å². The van der Waals surface area contributed by atoms with Crippen LogP contribution in [-0.4, -0.2) is 36.1 Å². The third kappa shape index (κ3) is 2.79. The van der Waals surface area contributed by atoms with Gasteiger partial charge in [-0.1, -0.05) is 12.0 Å². The Morgan fingerprint density at radius 1 is 1.57 bits per heavy atom. The topological polar surface area (TPSA) is 66.5 Å². The summed E-state index contributed by atoms with van der Waals surface area (Å²) in [5.74, 6) is 2.18. The molecule has 0 saturated carbocycles. The fraction of sp³-hybridized carbons (Fsp3) is 0.312. The van der Waals surface area contributed by atoms with Crippen LogP contribution in [0.15, 0.2) is 18.2 Å². The zero-order valence-corrected chi connectivity index (χ0v) is 11.8. The minimum atomic E-state index is -0.618. The van der Waals surface area contributed by atoms with E-state index in [1.54, 1.807) is 18.2 Å². The zero-order valence-electron chi connectivity index (χ0n) is 11.8. The summed E-state index contributed by atoms with van der Waals surface area (Å²) in [4.78, 5) is 36.4. The van der Waals surface area contributed by atoms with Gasteiger partial charge < -0.3 is 15.0 Å². The summed E-state index contributed by atoms with van der Waals surface area (Å²) in [6, 6.07) is 4.60. The van der Waals surface area contributed by atoms with Gasteiger partial charge in [0.1, 0.15) is 6.29 Å². The van der Waals surface area contributed by atoms with E-state index >= 15 is 0 Å². The van der Waals surface area contributed by atoms with E-state index in [1.165, 1.54) is 11.9 Å². The molecule has 1 aliphatic rings. The second-order valence-corrected chi connectivity index (χ2v) is 4.82. The lowest BCUT2D eigenvalue weighted by Crippen LogP contribution is -2.37. The van der Waals surface area contributed by atoms with Crippen LogP contribution in [0.3, 0.4) is 0 Å². The molecule has 5 nitrogen and oxygen atoms in total. The molecule has 1 aromatic rings. The van der Waals surface area contributed by atoms with Crippen LogP contribution < -0.4 is 5.32 Å². The molecule has 1 atom stereocenters. The predicted octanol–water partition coefficient (Wildman–Crippen LogP) is 0.717. The third-order valence-corrected chi connectivity index (χ3v) is 3.65. The molecule has 1 N–H and O–H groups in total. The Morgan fingerprint density at radius 2 is 2.33 bits per heavy atom. The van der Waals surface area contributed by atoms with Crippen LogP contribution >= 0.6 is 0 Å². The van der Waals surface area contributed by atoms with Crippen LogP contribution in [0.4, 0.5) is 0 Å². The molecule has 108 valence electrons. The van der Waals surface area contributed by atoms with Crippen molar-refractivity contribution in [1.82, 2.24) is 10.2 Å². The van der Waals surface area contributed by atoms with Gasteiger partial charge in [-0.2, -0.15) is 0 Å². The molecule has 0 bridgehead atoms. The molecule has 5 heteroatoms. The highest BCUT2D eigenvalue weighted by Crippen LogP contribution is 2.27. The SMILES string of the molecule is C#Cc1cccc2c1CN(C(C=O)CCC(=O)NC)C2=O. The number of terminal acetylenes is 1. The molecule has 2 amide bonds. The van der Waals surface area contributed by atoms with Gasteiger partial charge in [0.25, 0.3) is 5.91 Å². The Bertz CT molecular complexity index is 631. The fourth-order valence-corrected chi connectivity index (χ4v) is 2.46. The molecule has 2 rings (SSSR count). The van der Waals surface area contributed by atoms with Gasteiger partial charge in [0.2, 0.25) is 5.91 Å². The van der Waals surface area contributed by atoms with Crippen molar-refractivity contribution in [1.29, 1.82) is 0 Å². The summed E-state index contributed by atoms with van der Waals surface area (Å²) in [5.41, 5.74) is 1.98. The van der Waals surface area contributed by atoms with Crippen molar-refractivity contribution in [2.24, 2.45) is 0 Å². The second-order valence-electron chi connectivity index (χ2n) is 4.82. The first-order valence-electron chi connectivity index (χ1n) is 6.67. The minimum Gasteiger partial charge on any atom is -0.359 e. The number of benzene rings is 1. The molecule has 0 aliphatic carbocycles. The summed E-state index contributed by atoms with van der Waals surface area (Å²) >= 11 is 0. The van der Waals surface area contributed by atoms with E-state index in [2.05, 4.69) is 11.2 Å². The van der Waals surface area contributed by atoms with Gasteiger partial charge in [-0.15, -0.1) is 6.42 Å². The zero-order chi connectivity index (χ0) is 15.4. The Hall–Kier alpha value is -2.61. The Balaban J connectivity index is 2.19. The average Bonchev–Trinajstić information content (AvgIpc) is 2.85. The smallest absolute Gasteiger partial charge is 0.255 e. The molecule has 0 spiro atoms. The number of carbonyl (C=O) groups is 3. The number of amides is 2. The minimum absolute atomic E-state index is 0.157. The maximum Gasteiger partial charge on any atom is 0.255 e. The van der Waals surface area contributed by atoms with Crippen molar-refractivity contribution in [2.45, 2.75) is 25.4 Å². The lowest BCUT2D eigenvalue weighted by Gasteiger charge is -2.22. The van der Waals surface area contributed by atoms with Crippen LogP contribution in [0, 0.1) is 12.3 Å². The highest BCUT2D eigenvalue weighted by atomic mass is 16.2. The lowest BCUT2D eigenvalue weighted by molar-refractivity contribution is -0.121. The third-order valence-electron chi connectivity index (χ3n) is 3.65. The number of hydrogen-bond acceptors (Lipinski definition) is 3. The van der Waals surface area contributed by atoms with E-state index in [-0.39, 0.29) is 18.2 Å². The van der Waals surface area contributed by atoms with Crippen molar-refractivity contribution in [3.8, 4) is 12.3 Å². The summed E-state index contributed by atoms with van der Waals surface area (Å²) in [6.45, 7) is 0.311. The van der Waals surface area contributed by atoms with Crippen LogP contribution in [0.1, 0.15) is 34.3 Å². The number of rotatable bonds is 5. The first kappa shape index (κ1) is 14.8. The van der Waals surface area contributed by atoms with Gasteiger partial charge in [-0.3, -0.25) is 9.59 Å². The number of nitrogens with zero attached hydrogens (tertiary/aromatic N) is 1. The van der Waals surface area contributed by atoms with E-state index < -0.39 is 6.04 Å². The van der Waals surface area contributed by atoms with E-state index in [9.17, 15) is 14.4 Å². The summed E-state index contributed by atoms with van der Waals surface area (Å²) in [7, 11) is 1.54. The number of carbonyl (C=O) groups excluding carboxylic acids is 3. The van der Waals surface area contributed by atoms with E-state index in [1.807, 2.05) is 0 Å². The standard InChI is InChI=1S/C16H16N2O3/c1-3-11-5-4-6-13-14(11)9-18(16(13)21)12(10-19)7-8-15(20)17-2/h1,4-6,10,12H,7-9H2,2H3,(H,17,20). The van der Waals surface area contributed by atoms with E-state index in [4.69, 9.17) is 6.42 Å². The first-order chi connectivity index (χ1) is 10.1. The van der Waals surface area contributed by atoms with Crippen molar-refractivity contribution < 1.29 is 14.4 Å². The molecule has 21 heavy (non-hydrogen) atoms. The molecule has 1 unspecified atom stereocenters. The number of hydrogen-bond donors (Lipinski definition) is 1. The fourth-order valence-electron chi connectivity index (χ4n) is 2.46. The Morgan fingerprint density at radius 3 is 2.95 bits per heavy atom. The van der Waals surface area contributed by atoms with Gasteiger partial charge in [-0.05, 0) is 24.1 Å². The Labute approximate surface area is 123 Å². The molecule has 0 fully saturated rings. The summed E-state index contributed by atoms with van der Waals surface area (Å²) in [6.07, 6.45) is 6.64. The molecule has 1 aromatic carbocycles. The number of nitrogens with one attached hydrogen (secondary N) is 1. The molecular weight excluding hydrogens is 268 g/mol. The number of fused-ring (bicyclic) bond motifs is 1. The molecule has 0 saturated heterocycles. The van der Waals surface area contributed by atoms with Gasteiger partial charge in [0.15, 0.2) is 0 Å². The predicted molar refractivity (Wildman–Crippen MR) is 77.4 cm³/mol. The van der Waals surface area contributed by atoms with Crippen molar-refractivity contribution in [3.05, 3.63) is 34.9 Å². The maximum atomic E-state index is 12.4. The molecule has 0 aromatic heterocycles. The lowest BCUT2D eigenvalue weighted by atomic mass is 10.0. The quantitative estimate of drug-likeness (QED) is 0.640. The highest BCUT2D eigenvalue weighted by Gasteiger charge is 2.33. The van der Waals surface area contributed by atoms with Gasteiger partial charge in [0.05, 0.1) is 6.04 Å². The number of aldehydes is 1. The van der Waals surface area contributed by atoms with Gasteiger partial charge >= 0.3 is 0 Å². The highest BCUT2D eigenvalue weighted by molar-refractivity contribution is 6.00. The van der Waals surface area contributed by atoms with E-state index in [0.717, 1.165) is 5.56 Å². The molecular formula is C16H16N2O3. The summed E-state index contributed by atoms with van der Waals surface area (Å²) in [5, 5.41) is 2.50. The molecule has 0 radical (unpaired) electrons. The van der Waals surface area contributed by atoms with Crippen LogP contribution in [0.5, 0.6) is 0 Å². The van der Waals surface area contributed by atoms with Crippen molar-refractivity contribution in [2.75, 3.05) is 7.05 Å². The van der Waals surface area contributed by atoms with E-state index in [0.29, 0.717) is 30.4 Å². The Kier molecular flexibility index (Phi) is 4.39. The molecule has 1 heterocycles. The average molecular weight is 284 g/mol. The second kappa shape index (κ2) is 6.23. The monoisotopic (exact) mass is 284 g/mol. The van der Waals surface area contributed by atoms with Crippen LogP contribution in [-0.2, 0) is 16.1 Å². The summed E-state index contributed by atoms with van der Waals surface area (Å²) < 4.78 is 0. The van der Waals surface area contributed by atoms with Gasteiger partial charge in [0, 0.05) is 31.1 Å². The molecule has 1 aliphatic heterocycles. The van der Waals surface area contributed by atoms with Crippen molar-refractivity contribution in [3.63, 3.8) is 0 Å². The van der Waals surface area contributed by atoms with Crippen LogP contribution in [0.25, 0.3) is 0 Å². The van der Waals surface area contributed by atoms with Gasteiger partial charge in [-0.25, -0.2) is 0 Å². The maximum absolute atomic E-state index is 12.4.